The highest BCUT2D eigenvalue weighted by molar-refractivity contribution is 5.86. The molecule has 0 saturated heterocycles. The van der Waals surface area contributed by atoms with Gasteiger partial charge in [0, 0.05) is 5.92 Å². The van der Waals surface area contributed by atoms with Gasteiger partial charge in [0.05, 0.1) is 19.8 Å². The summed E-state index contributed by atoms with van der Waals surface area (Å²) in [5, 5.41) is 18.2. The first-order chi connectivity index (χ1) is 8.10. The van der Waals surface area contributed by atoms with Crippen molar-refractivity contribution in [3.05, 3.63) is 23.8 Å². The lowest BCUT2D eigenvalue weighted by atomic mass is 10.1. The number of rotatable bonds is 3. The van der Waals surface area contributed by atoms with E-state index in [1.54, 1.807) is 18.2 Å². The first kappa shape index (κ1) is 12.9. The molecule has 0 bridgehead atoms. The Labute approximate surface area is 98.6 Å². The summed E-state index contributed by atoms with van der Waals surface area (Å²) in [7, 11) is 2.88. The smallest absolute Gasteiger partial charge is 0.382 e. The van der Waals surface area contributed by atoms with E-state index in [0.717, 1.165) is 0 Å². The van der Waals surface area contributed by atoms with Crippen LogP contribution in [0.4, 0.5) is 0 Å². The number of carboxylic acid groups (broad SMARTS) is 1. The summed E-state index contributed by atoms with van der Waals surface area (Å²) in [5.41, 5.74) is 0.311. The first-order valence-corrected chi connectivity index (χ1v) is 4.73. The van der Waals surface area contributed by atoms with Gasteiger partial charge in [0.15, 0.2) is 0 Å². The zero-order valence-electron chi connectivity index (χ0n) is 9.43. The molecule has 90 valence electrons. The van der Waals surface area contributed by atoms with Crippen molar-refractivity contribution in [2.45, 2.75) is 6.10 Å². The molecular formula is C12H12O5. The van der Waals surface area contributed by atoms with Gasteiger partial charge in [-0.05, 0) is 12.1 Å². The molecule has 17 heavy (non-hydrogen) atoms. The maximum Gasteiger partial charge on any atom is 0.382 e. The highest BCUT2D eigenvalue weighted by Gasteiger charge is 2.16. The van der Waals surface area contributed by atoms with Crippen LogP contribution in [0.2, 0.25) is 0 Å². The second-order valence-corrected chi connectivity index (χ2v) is 3.05. The third-order valence-corrected chi connectivity index (χ3v) is 2.06. The first-order valence-electron chi connectivity index (χ1n) is 4.73. The molecule has 0 saturated carbocycles. The molecule has 1 aromatic rings. The Hall–Kier alpha value is -2.19. The number of carbonyl (C=O) groups is 1. The molecule has 0 fully saturated rings. The van der Waals surface area contributed by atoms with E-state index in [9.17, 15) is 9.90 Å². The quantitative estimate of drug-likeness (QED) is 0.760. The molecule has 5 nitrogen and oxygen atoms in total. The number of methoxy groups -OCH3 is 2. The zero-order valence-corrected chi connectivity index (χ0v) is 9.43. The molecule has 2 N–H and O–H groups in total. The van der Waals surface area contributed by atoms with Gasteiger partial charge >= 0.3 is 5.97 Å². The standard InChI is InChI=1S/C12H12O5/c1-16-9-4-3-5-10(17-2)12(9)8(13)6-7-11(14)15/h3-5,8,13H,1-2H3,(H,14,15). The fourth-order valence-electron chi connectivity index (χ4n) is 1.35. The number of ether oxygens (including phenoxy) is 2. The number of hydrogen-bond acceptors (Lipinski definition) is 4. The van der Waals surface area contributed by atoms with Gasteiger partial charge in [-0.15, -0.1) is 0 Å². The topological polar surface area (TPSA) is 76.0 Å². The fourth-order valence-corrected chi connectivity index (χ4v) is 1.35. The molecule has 1 aromatic carbocycles. The molecule has 0 amide bonds. The Morgan fingerprint density at radius 1 is 1.29 bits per heavy atom. The maximum atomic E-state index is 10.3. The summed E-state index contributed by atoms with van der Waals surface area (Å²) in [6.45, 7) is 0. The number of carboxylic acids is 1. The Bertz CT molecular complexity index is 447. The summed E-state index contributed by atoms with van der Waals surface area (Å²) in [4.78, 5) is 10.3. The average molecular weight is 236 g/mol. The minimum Gasteiger partial charge on any atom is -0.496 e. The third-order valence-electron chi connectivity index (χ3n) is 2.06. The number of hydrogen-bond donors (Lipinski definition) is 2. The Balaban J connectivity index is 3.19. The fraction of sp³-hybridized carbons (Fsp3) is 0.250. The summed E-state index contributed by atoms with van der Waals surface area (Å²) < 4.78 is 10.1. The molecule has 1 atom stereocenters. The van der Waals surface area contributed by atoms with Crippen molar-refractivity contribution in [1.29, 1.82) is 0 Å². The van der Waals surface area contributed by atoms with Crippen LogP contribution in [0.3, 0.4) is 0 Å². The van der Waals surface area contributed by atoms with Crippen LogP contribution in [-0.4, -0.2) is 30.4 Å². The predicted molar refractivity (Wildman–Crippen MR) is 59.9 cm³/mol. The lowest BCUT2D eigenvalue weighted by molar-refractivity contribution is -0.130. The number of benzene rings is 1. The van der Waals surface area contributed by atoms with E-state index in [1.165, 1.54) is 14.2 Å². The SMILES string of the molecule is COc1cccc(OC)c1C(O)C#CC(=O)O. The van der Waals surface area contributed by atoms with E-state index in [0.29, 0.717) is 17.1 Å². The van der Waals surface area contributed by atoms with E-state index in [-0.39, 0.29) is 0 Å². The highest BCUT2D eigenvalue weighted by atomic mass is 16.5. The van der Waals surface area contributed by atoms with E-state index >= 15 is 0 Å². The van der Waals surface area contributed by atoms with Crippen LogP contribution in [0, 0.1) is 11.8 Å². The van der Waals surface area contributed by atoms with Crippen molar-refractivity contribution in [1.82, 2.24) is 0 Å². The predicted octanol–water partition coefficient (Wildman–Crippen LogP) is 0.825. The van der Waals surface area contributed by atoms with Crippen LogP contribution in [0.25, 0.3) is 0 Å². The van der Waals surface area contributed by atoms with Gasteiger partial charge in [0.25, 0.3) is 0 Å². The summed E-state index contributed by atoms with van der Waals surface area (Å²) in [6, 6.07) is 4.95. The van der Waals surface area contributed by atoms with Gasteiger partial charge in [-0.3, -0.25) is 0 Å². The van der Waals surface area contributed by atoms with Gasteiger partial charge in [-0.2, -0.15) is 0 Å². The largest absolute Gasteiger partial charge is 0.496 e. The molecule has 0 radical (unpaired) electrons. The van der Waals surface area contributed by atoms with Crippen molar-refractivity contribution in [2.75, 3.05) is 14.2 Å². The summed E-state index contributed by atoms with van der Waals surface area (Å²) in [5.74, 6) is 3.51. The molecule has 0 aliphatic carbocycles. The van der Waals surface area contributed by atoms with Crippen LogP contribution >= 0.6 is 0 Å². The lowest BCUT2D eigenvalue weighted by Gasteiger charge is -2.14. The lowest BCUT2D eigenvalue weighted by Crippen LogP contribution is -2.02. The van der Waals surface area contributed by atoms with Crippen LogP contribution in [0.15, 0.2) is 18.2 Å². The summed E-state index contributed by atoms with van der Waals surface area (Å²) >= 11 is 0. The maximum absolute atomic E-state index is 10.3. The zero-order chi connectivity index (χ0) is 12.8. The molecule has 0 aliphatic heterocycles. The van der Waals surface area contributed by atoms with Crippen LogP contribution in [0.1, 0.15) is 11.7 Å². The van der Waals surface area contributed by atoms with Crippen molar-refractivity contribution in [2.24, 2.45) is 0 Å². The Kier molecular flexibility index (Phi) is 4.37. The molecule has 5 heteroatoms. The average Bonchev–Trinajstić information content (AvgIpc) is 2.34. The van der Waals surface area contributed by atoms with Crippen LogP contribution < -0.4 is 9.47 Å². The second-order valence-electron chi connectivity index (χ2n) is 3.05. The van der Waals surface area contributed by atoms with Gasteiger partial charge in [-0.25, -0.2) is 4.79 Å². The van der Waals surface area contributed by atoms with Crippen LogP contribution in [0.5, 0.6) is 11.5 Å². The van der Waals surface area contributed by atoms with Gasteiger partial charge in [0.1, 0.15) is 17.6 Å². The van der Waals surface area contributed by atoms with Crippen molar-refractivity contribution in [3.63, 3.8) is 0 Å². The van der Waals surface area contributed by atoms with Crippen LogP contribution in [-0.2, 0) is 4.79 Å². The molecule has 1 unspecified atom stereocenters. The molecule has 0 aromatic heterocycles. The third kappa shape index (κ3) is 3.13. The van der Waals surface area contributed by atoms with E-state index in [4.69, 9.17) is 14.6 Å². The highest BCUT2D eigenvalue weighted by Crippen LogP contribution is 2.33. The molecule has 0 heterocycles. The van der Waals surface area contributed by atoms with Gasteiger partial charge in [-0.1, -0.05) is 12.0 Å². The van der Waals surface area contributed by atoms with E-state index in [1.807, 2.05) is 5.92 Å². The second kappa shape index (κ2) is 5.77. The summed E-state index contributed by atoms with van der Waals surface area (Å²) in [6.07, 6.45) is -1.28. The number of aliphatic hydroxyl groups excluding tert-OH is 1. The molecular weight excluding hydrogens is 224 g/mol. The van der Waals surface area contributed by atoms with Gasteiger partial charge in [0.2, 0.25) is 0 Å². The normalized spacial score (nSPS) is 11.0. The van der Waals surface area contributed by atoms with Gasteiger partial charge < -0.3 is 19.7 Å². The minimum absolute atomic E-state index is 0.311. The number of aliphatic carboxylic acids is 1. The molecule has 1 rings (SSSR count). The van der Waals surface area contributed by atoms with Crippen molar-refractivity contribution < 1.29 is 24.5 Å². The molecule has 0 aliphatic rings. The molecule has 0 spiro atoms. The monoisotopic (exact) mass is 236 g/mol. The van der Waals surface area contributed by atoms with E-state index in [2.05, 4.69) is 5.92 Å². The Morgan fingerprint density at radius 3 is 2.24 bits per heavy atom. The van der Waals surface area contributed by atoms with Crippen molar-refractivity contribution in [3.8, 4) is 23.3 Å². The Morgan fingerprint density at radius 2 is 1.82 bits per heavy atom. The minimum atomic E-state index is -1.31. The number of aliphatic hydroxyl groups is 1. The van der Waals surface area contributed by atoms with E-state index < -0.39 is 12.1 Å². The van der Waals surface area contributed by atoms with Crippen molar-refractivity contribution >= 4 is 5.97 Å².